The normalized spacial score (nSPS) is 18.0. The van der Waals surface area contributed by atoms with Gasteiger partial charge in [0.05, 0.1) is 18.0 Å². The molecule has 1 fully saturated rings. The summed E-state index contributed by atoms with van der Waals surface area (Å²) in [5, 5.41) is 0. The van der Waals surface area contributed by atoms with Crippen molar-refractivity contribution in [1.82, 2.24) is 0 Å². The van der Waals surface area contributed by atoms with Gasteiger partial charge in [0.15, 0.2) is 0 Å². The first kappa shape index (κ1) is 31.5. The Labute approximate surface area is 150 Å². The van der Waals surface area contributed by atoms with E-state index >= 15 is 0 Å². The standard InChI is InChI=1S/C17H24O2S.5FH/c1-2-3-7-14-10-12-15(13-11-14)17(18)19-20-16-8-5-4-6-9-16;;;;;/h4-6,8-9,14-15H,2-3,7,10-13H2,1H3;5*1H. The Kier molecular flexibility index (Phi) is 22.0. The van der Waals surface area contributed by atoms with Crippen LogP contribution < -0.4 is 0 Å². The third-order valence-electron chi connectivity index (χ3n) is 4.11. The molecular weight excluding hydrogens is 363 g/mol. The molecule has 0 heterocycles. The van der Waals surface area contributed by atoms with Crippen LogP contribution in [0.2, 0.25) is 0 Å². The lowest BCUT2D eigenvalue weighted by atomic mass is 9.80. The molecule has 25 heavy (non-hydrogen) atoms. The van der Waals surface area contributed by atoms with Crippen LogP contribution >= 0.6 is 12.0 Å². The molecule has 0 bridgehead atoms. The fraction of sp³-hybridized carbons (Fsp3) is 0.588. The second kappa shape index (κ2) is 17.5. The van der Waals surface area contributed by atoms with Crippen molar-refractivity contribution in [2.24, 2.45) is 11.8 Å². The molecule has 0 spiro atoms. The van der Waals surface area contributed by atoms with Gasteiger partial charge in [-0.1, -0.05) is 44.4 Å². The monoisotopic (exact) mass is 392 g/mol. The second-order valence-corrected chi connectivity index (χ2v) is 6.46. The zero-order chi connectivity index (χ0) is 14.2. The minimum Gasteiger partial charge on any atom is -0.386 e. The summed E-state index contributed by atoms with van der Waals surface area (Å²) in [7, 11) is 0. The highest BCUT2D eigenvalue weighted by Gasteiger charge is 2.27. The summed E-state index contributed by atoms with van der Waals surface area (Å²) < 4.78 is 5.36. The Morgan fingerprint density at radius 1 is 1.00 bits per heavy atom. The molecule has 0 radical (unpaired) electrons. The van der Waals surface area contributed by atoms with E-state index in [-0.39, 0.29) is 35.4 Å². The molecule has 0 saturated heterocycles. The largest absolute Gasteiger partial charge is 0.386 e. The van der Waals surface area contributed by atoms with Crippen LogP contribution in [0.15, 0.2) is 35.2 Å². The lowest BCUT2D eigenvalue weighted by Crippen LogP contribution is -2.22. The molecule has 2 nitrogen and oxygen atoms in total. The van der Waals surface area contributed by atoms with Crippen LogP contribution in [0.5, 0.6) is 0 Å². The van der Waals surface area contributed by atoms with E-state index in [0.717, 1.165) is 23.7 Å². The van der Waals surface area contributed by atoms with Gasteiger partial charge in [0.25, 0.3) is 0 Å². The fourth-order valence-corrected chi connectivity index (χ4v) is 3.40. The molecule has 0 atom stereocenters. The summed E-state index contributed by atoms with van der Waals surface area (Å²) in [4.78, 5) is 13.0. The minimum atomic E-state index is -0.0344. The maximum atomic E-state index is 12.0. The summed E-state index contributed by atoms with van der Waals surface area (Å²) >= 11 is 1.19. The summed E-state index contributed by atoms with van der Waals surface area (Å²) in [6.07, 6.45) is 8.31. The number of unbranched alkanes of at least 4 members (excludes halogenated alkanes) is 1. The molecular formula is C17H29F5O2S. The Bertz CT molecular complexity index is 415. The van der Waals surface area contributed by atoms with Gasteiger partial charge in [0.2, 0.25) is 0 Å². The zero-order valence-electron chi connectivity index (χ0n) is 14.3. The molecule has 1 aromatic rings. The highest BCUT2D eigenvalue weighted by molar-refractivity contribution is 7.95. The fourth-order valence-electron chi connectivity index (χ4n) is 2.81. The van der Waals surface area contributed by atoms with Crippen molar-refractivity contribution in [2.75, 3.05) is 0 Å². The number of rotatable bonds is 6. The van der Waals surface area contributed by atoms with Crippen molar-refractivity contribution in [1.29, 1.82) is 0 Å². The number of hydrogen-bond acceptors (Lipinski definition) is 3. The average molecular weight is 392 g/mol. The van der Waals surface area contributed by atoms with Crippen molar-refractivity contribution >= 4 is 18.0 Å². The van der Waals surface area contributed by atoms with Crippen LogP contribution in [-0.4, -0.2) is 5.97 Å². The maximum absolute atomic E-state index is 12.0. The molecule has 150 valence electrons. The van der Waals surface area contributed by atoms with Crippen LogP contribution in [0, 0.1) is 11.8 Å². The van der Waals surface area contributed by atoms with Gasteiger partial charge in [-0.05, 0) is 43.7 Å². The molecule has 0 unspecified atom stereocenters. The van der Waals surface area contributed by atoms with E-state index in [1.165, 1.54) is 44.1 Å². The molecule has 8 heteroatoms. The van der Waals surface area contributed by atoms with Gasteiger partial charge in [-0.25, -0.2) is 0 Å². The van der Waals surface area contributed by atoms with Gasteiger partial charge in [0.1, 0.15) is 0 Å². The van der Waals surface area contributed by atoms with Gasteiger partial charge >= 0.3 is 5.97 Å². The SMILES string of the molecule is CCCCC1CCC(C(=O)OSc2ccccc2)CC1.F.F.F.F.F. The van der Waals surface area contributed by atoms with Crippen molar-refractivity contribution < 1.29 is 32.5 Å². The Hall–Kier alpha value is -1.31. The molecule has 0 amide bonds. The van der Waals surface area contributed by atoms with E-state index < -0.39 is 0 Å². The van der Waals surface area contributed by atoms with Crippen LogP contribution in [0.4, 0.5) is 23.5 Å². The first-order valence-corrected chi connectivity index (χ1v) is 8.47. The van der Waals surface area contributed by atoms with Crippen LogP contribution in [0.25, 0.3) is 0 Å². The maximum Gasteiger partial charge on any atom is 0.321 e. The van der Waals surface area contributed by atoms with Crippen LogP contribution in [0.3, 0.4) is 0 Å². The number of hydrogen-bond donors (Lipinski definition) is 0. The van der Waals surface area contributed by atoms with Gasteiger partial charge in [-0.15, -0.1) is 0 Å². The quantitative estimate of drug-likeness (QED) is 0.439. The summed E-state index contributed by atoms with van der Waals surface area (Å²) in [5.41, 5.74) is 0. The Morgan fingerprint density at radius 2 is 1.56 bits per heavy atom. The van der Waals surface area contributed by atoms with Gasteiger partial charge in [0, 0.05) is 4.90 Å². The Morgan fingerprint density at radius 3 is 2.08 bits per heavy atom. The number of halogens is 5. The molecule has 0 N–H and O–H groups in total. The van der Waals surface area contributed by atoms with E-state index in [1.807, 2.05) is 30.3 Å². The van der Waals surface area contributed by atoms with E-state index in [0.29, 0.717) is 0 Å². The first-order valence-electron chi connectivity index (χ1n) is 7.73. The van der Waals surface area contributed by atoms with Crippen molar-refractivity contribution in [3.05, 3.63) is 30.3 Å². The number of carbonyl (C=O) groups is 1. The minimum absolute atomic E-state index is 0. The van der Waals surface area contributed by atoms with E-state index in [9.17, 15) is 4.79 Å². The average Bonchev–Trinajstić information content (AvgIpc) is 2.52. The van der Waals surface area contributed by atoms with E-state index in [4.69, 9.17) is 4.18 Å². The van der Waals surface area contributed by atoms with E-state index in [1.54, 1.807) is 0 Å². The molecule has 1 aliphatic rings. The lowest BCUT2D eigenvalue weighted by Gasteiger charge is -2.26. The molecule has 1 aliphatic carbocycles. The topological polar surface area (TPSA) is 26.3 Å². The van der Waals surface area contributed by atoms with Crippen LogP contribution in [0.1, 0.15) is 51.9 Å². The summed E-state index contributed by atoms with van der Waals surface area (Å²) in [5.74, 6) is 0.914. The molecule has 1 aromatic carbocycles. The van der Waals surface area contributed by atoms with Crippen molar-refractivity contribution in [2.45, 2.75) is 56.8 Å². The predicted octanol–water partition coefficient (Wildman–Crippen LogP) is 6.00. The summed E-state index contributed by atoms with van der Waals surface area (Å²) in [6.45, 7) is 2.24. The lowest BCUT2D eigenvalue weighted by molar-refractivity contribution is -0.138. The van der Waals surface area contributed by atoms with Crippen LogP contribution in [-0.2, 0) is 8.98 Å². The predicted molar refractivity (Wildman–Crippen MR) is 95.9 cm³/mol. The smallest absolute Gasteiger partial charge is 0.321 e. The van der Waals surface area contributed by atoms with Gasteiger partial charge < -0.3 is 4.18 Å². The third kappa shape index (κ3) is 11.0. The van der Waals surface area contributed by atoms with Gasteiger partial charge in [-0.2, -0.15) is 0 Å². The zero-order valence-corrected chi connectivity index (χ0v) is 15.1. The highest BCUT2D eigenvalue weighted by Crippen LogP contribution is 2.33. The Balaban J connectivity index is -0.000000441. The molecule has 0 aromatic heterocycles. The number of carbonyl (C=O) groups excluding carboxylic acids is 1. The van der Waals surface area contributed by atoms with E-state index in [2.05, 4.69) is 6.92 Å². The van der Waals surface area contributed by atoms with Crippen molar-refractivity contribution in [3.63, 3.8) is 0 Å². The van der Waals surface area contributed by atoms with Crippen molar-refractivity contribution in [3.8, 4) is 0 Å². The molecule has 1 saturated carbocycles. The molecule has 2 rings (SSSR count). The van der Waals surface area contributed by atoms with Gasteiger partial charge in [-0.3, -0.25) is 28.3 Å². The first-order chi connectivity index (χ1) is 9.79. The third-order valence-corrected chi connectivity index (χ3v) is 4.82. The highest BCUT2D eigenvalue weighted by atomic mass is 32.2. The second-order valence-electron chi connectivity index (χ2n) is 5.66. The number of benzene rings is 1. The summed E-state index contributed by atoms with van der Waals surface area (Å²) in [6, 6.07) is 9.78. The molecule has 0 aliphatic heterocycles.